The molecule has 166 valence electrons. The zero-order valence-corrected chi connectivity index (χ0v) is 19.3. The van der Waals surface area contributed by atoms with Crippen molar-refractivity contribution in [1.29, 1.82) is 0 Å². The molecule has 6 nitrogen and oxygen atoms in total. The third-order valence-corrected chi connectivity index (χ3v) is 6.61. The van der Waals surface area contributed by atoms with Crippen molar-refractivity contribution < 1.29 is 14.6 Å². The van der Waals surface area contributed by atoms with Gasteiger partial charge >= 0.3 is 0 Å². The lowest BCUT2D eigenvalue weighted by Crippen LogP contribution is -2.55. The molecular weight excluding hydrogens is 410 g/mol. The number of aliphatic hydroxyl groups excluding tert-OH is 1. The first-order valence-electron chi connectivity index (χ1n) is 10.9. The third kappa shape index (κ3) is 5.54. The van der Waals surface area contributed by atoms with E-state index in [0.717, 1.165) is 65.0 Å². The number of rotatable bonds is 8. The van der Waals surface area contributed by atoms with E-state index in [4.69, 9.17) is 9.47 Å². The van der Waals surface area contributed by atoms with Crippen molar-refractivity contribution in [2.75, 3.05) is 39.3 Å². The Morgan fingerprint density at radius 1 is 1.10 bits per heavy atom. The highest BCUT2D eigenvalue weighted by molar-refractivity contribution is 7.18. The normalized spacial score (nSPS) is 17.5. The van der Waals surface area contributed by atoms with Crippen molar-refractivity contribution in [3.8, 4) is 11.5 Å². The quantitative estimate of drug-likeness (QED) is 0.575. The van der Waals surface area contributed by atoms with Crippen LogP contribution >= 0.6 is 11.3 Å². The summed E-state index contributed by atoms with van der Waals surface area (Å²) in [6.45, 7) is 11.0. The molecule has 1 aliphatic rings. The van der Waals surface area contributed by atoms with E-state index in [1.54, 1.807) is 18.3 Å². The van der Waals surface area contributed by atoms with E-state index >= 15 is 0 Å². The summed E-state index contributed by atoms with van der Waals surface area (Å²) in [7, 11) is 0. The molecule has 1 aromatic heterocycles. The minimum Gasteiger partial charge on any atom is -0.492 e. The Kier molecular flexibility index (Phi) is 7.07. The van der Waals surface area contributed by atoms with E-state index in [9.17, 15) is 5.11 Å². The van der Waals surface area contributed by atoms with Crippen molar-refractivity contribution in [3.05, 3.63) is 53.0 Å². The molecule has 1 aliphatic heterocycles. The van der Waals surface area contributed by atoms with Crippen LogP contribution in [0, 0.1) is 13.8 Å². The van der Waals surface area contributed by atoms with Crippen molar-refractivity contribution in [2.45, 2.75) is 33.1 Å². The predicted octanol–water partition coefficient (Wildman–Crippen LogP) is 3.70. The average Bonchev–Trinajstić information content (AvgIpc) is 3.13. The van der Waals surface area contributed by atoms with Gasteiger partial charge in [0, 0.05) is 38.8 Å². The van der Waals surface area contributed by atoms with E-state index < -0.39 is 6.10 Å². The fraction of sp³-hybridized carbons (Fsp3) is 0.458. The monoisotopic (exact) mass is 441 g/mol. The molecule has 2 atom stereocenters. The van der Waals surface area contributed by atoms with Crippen LogP contribution in [0.1, 0.15) is 17.5 Å². The number of benzene rings is 2. The van der Waals surface area contributed by atoms with E-state index in [1.807, 2.05) is 43.3 Å². The highest BCUT2D eigenvalue weighted by Gasteiger charge is 2.28. The first kappa shape index (κ1) is 22.0. The molecule has 1 saturated heterocycles. The van der Waals surface area contributed by atoms with Crippen molar-refractivity contribution in [3.63, 3.8) is 0 Å². The van der Waals surface area contributed by atoms with Gasteiger partial charge in [0.15, 0.2) is 6.23 Å². The molecular formula is C24H31N3O3S. The van der Waals surface area contributed by atoms with Crippen LogP contribution < -0.4 is 9.47 Å². The Morgan fingerprint density at radius 3 is 2.61 bits per heavy atom. The van der Waals surface area contributed by atoms with Crippen LogP contribution in [0.5, 0.6) is 11.5 Å². The smallest absolute Gasteiger partial charge is 0.178 e. The second kappa shape index (κ2) is 9.96. The average molecular weight is 442 g/mol. The fourth-order valence-corrected chi connectivity index (χ4v) is 4.77. The van der Waals surface area contributed by atoms with Crippen LogP contribution in [0.3, 0.4) is 0 Å². The molecule has 1 N–H and O–H groups in total. The van der Waals surface area contributed by atoms with Crippen molar-refractivity contribution in [2.24, 2.45) is 0 Å². The second-order valence-electron chi connectivity index (χ2n) is 8.10. The lowest BCUT2D eigenvalue weighted by molar-refractivity contribution is -0.0749. The number of hydrogen-bond acceptors (Lipinski definition) is 7. The van der Waals surface area contributed by atoms with Gasteiger partial charge in [0.05, 0.1) is 15.2 Å². The molecule has 4 rings (SSSR count). The summed E-state index contributed by atoms with van der Waals surface area (Å²) in [6.07, 6.45) is -0.966. The van der Waals surface area contributed by atoms with Gasteiger partial charge in [-0.25, -0.2) is 4.98 Å². The maximum absolute atomic E-state index is 10.4. The summed E-state index contributed by atoms with van der Waals surface area (Å²) < 4.78 is 13.3. The highest BCUT2D eigenvalue weighted by Crippen LogP contribution is 2.27. The van der Waals surface area contributed by atoms with Crippen LogP contribution in [0.4, 0.5) is 0 Å². The molecule has 1 fully saturated rings. The Bertz CT molecular complexity index is 999. The molecule has 7 heteroatoms. The highest BCUT2D eigenvalue weighted by atomic mass is 32.1. The van der Waals surface area contributed by atoms with Gasteiger partial charge < -0.3 is 14.6 Å². The van der Waals surface area contributed by atoms with E-state index in [1.165, 1.54) is 0 Å². The number of piperazine rings is 1. The van der Waals surface area contributed by atoms with Gasteiger partial charge in [0.25, 0.3) is 0 Å². The van der Waals surface area contributed by atoms with Crippen LogP contribution in [0.15, 0.2) is 42.5 Å². The molecule has 0 bridgehead atoms. The summed E-state index contributed by atoms with van der Waals surface area (Å²) in [5, 5.41) is 11.4. The lowest BCUT2D eigenvalue weighted by atomic mass is 10.2. The first-order valence-corrected chi connectivity index (χ1v) is 11.7. The minimum absolute atomic E-state index is 0.373. The molecule has 31 heavy (non-hydrogen) atoms. The number of aryl methyl sites for hydroxylation is 2. The molecule has 3 aromatic rings. The molecule has 2 aromatic carbocycles. The number of thiazole rings is 1. The Labute approximate surface area is 188 Å². The molecule has 0 saturated carbocycles. The number of hydrogen-bond donors (Lipinski definition) is 1. The Balaban J connectivity index is 1.29. The third-order valence-electron chi connectivity index (χ3n) is 5.66. The van der Waals surface area contributed by atoms with Gasteiger partial charge in [-0.1, -0.05) is 18.2 Å². The van der Waals surface area contributed by atoms with Crippen LogP contribution in [-0.2, 0) is 0 Å². The molecule has 1 unspecified atom stereocenters. The van der Waals surface area contributed by atoms with Crippen LogP contribution in [-0.4, -0.2) is 71.6 Å². The summed E-state index contributed by atoms with van der Waals surface area (Å²) in [5.74, 6) is 1.70. The van der Waals surface area contributed by atoms with E-state index in [0.29, 0.717) is 6.61 Å². The largest absolute Gasteiger partial charge is 0.492 e. The molecule has 0 spiro atoms. The number of nitrogens with zero attached hydrogens (tertiary/aromatic N) is 3. The standard InChI is InChI=1S/C24H31N3O3S/c1-17-6-4-5-7-22(17)29-15-14-26-10-12-27(13-11-26)24(18(2)28)30-20-8-9-23-21(16-20)25-19(3)31-23/h4-9,16,18,24,28H,10-15H2,1-3H3/t18-,24?/m1/s1. The number of ether oxygens (including phenoxy) is 2. The van der Waals surface area contributed by atoms with Crippen molar-refractivity contribution >= 4 is 21.6 Å². The summed E-state index contributed by atoms with van der Waals surface area (Å²) in [6, 6.07) is 14.1. The predicted molar refractivity (Wildman–Crippen MR) is 125 cm³/mol. The number of aliphatic hydroxyl groups is 1. The van der Waals surface area contributed by atoms with Gasteiger partial charge in [-0.3, -0.25) is 9.80 Å². The minimum atomic E-state index is -0.594. The summed E-state index contributed by atoms with van der Waals surface area (Å²) in [4.78, 5) is 9.17. The number of fused-ring (bicyclic) bond motifs is 1. The maximum atomic E-state index is 10.4. The SMILES string of the molecule is Cc1nc2cc(OC([C@@H](C)O)N3CCN(CCOc4ccccc4C)CC3)ccc2s1. The molecule has 0 amide bonds. The van der Waals surface area contributed by atoms with Crippen molar-refractivity contribution in [1.82, 2.24) is 14.8 Å². The Morgan fingerprint density at radius 2 is 1.87 bits per heavy atom. The molecule has 0 aliphatic carbocycles. The molecule has 2 heterocycles. The van der Waals surface area contributed by atoms with Crippen LogP contribution in [0.25, 0.3) is 10.2 Å². The Hall–Kier alpha value is -2.19. The second-order valence-corrected chi connectivity index (χ2v) is 9.34. The number of aromatic nitrogens is 1. The summed E-state index contributed by atoms with van der Waals surface area (Å²) >= 11 is 1.68. The molecule has 0 radical (unpaired) electrons. The number of para-hydroxylation sites is 1. The van der Waals surface area contributed by atoms with Gasteiger partial charge in [-0.15, -0.1) is 11.3 Å². The first-order chi connectivity index (χ1) is 15.0. The lowest BCUT2D eigenvalue weighted by Gasteiger charge is -2.40. The maximum Gasteiger partial charge on any atom is 0.178 e. The zero-order chi connectivity index (χ0) is 21.8. The van der Waals surface area contributed by atoms with Gasteiger partial charge in [-0.2, -0.15) is 0 Å². The fourth-order valence-electron chi connectivity index (χ4n) is 3.96. The van der Waals surface area contributed by atoms with E-state index in [-0.39, 0.29) is 6.23 Å². The zero-order valence-electron chi connectivity index (χ0n) is 18.5. The van der Waals surface area contributed by atoms with Crippen LogP contribution in [0.2, 0.25) is 0 Å². The topological polar surface area (TPSA) is 58.1 Å². The van der Waals surface area contributed by atoms with E-state index in [2.05, 4.69) is 27.8 Å². The van der Waals surface area contributed by atoms with Gasteiger partial charge in [0.1, 0.15) is 24.2 Å². The summed E-state index contributed by atoms with van der Waals surface area (Å²) in [5.41, 5.74) is 2.11. The van der Waals surface area contributed by atoms with Gasteiger partial charge in [0.2, 0.25) is 0 Å². The van der Waals surface area contributed by atoms with Gasteiger partial charge in [-0.05, 0) is 44.5 Å².